The van der Waals surface area contributed by atoms with Gasteiger partial charge in [0.25, 0.3) is 0 Å². The minimum atomic E-state index is -0.104. The molecular formula is C16H17N5O. The number of H-pyrrole nitrogens is 1. The van der Waals surface area contributed by atoms with Crippen molar-refractivity contribution in [2.45, 2.75) is 6.42 Å². The van der Waals surface area contributed by atoms with E-state index in [1.165, 1.54) is 0 Å². The Labute approximate surface area is 128 Å². The molecule has 0 aliphatic rings. The monoisotopic (exact) mass is 295 g/mol. The van der Waals surface area contributed by atoms with Gasteiger partial charge in [0.05, 0.1) is 6.42 Å². The van der Waals surface area contributed by atoms with E-state index in [0.717, 1.165) is 16.5 Å². The number of aromatic amines is 1. The molecule has 2 heterocycles. The third-order valence-corrected chi connectivity index (χ3v) is 3.34. The molecule has 0 fully saturated rings. The van der Waals surface area contributed by atoms with Crippen LogP contribution < -0.4 is 10.2 Å². The van der Waals surface area contributed by atoms with Crippen molar-refractivity contribution in [3.63, 3.8) is 0 Å². The Balaban J connectivity index is 1.74. The lowest BCUT2D eigenvalue weighted by Crippen LogP contribution is -2.17. The Bertz CT molecular complexity index is 809. The van der Waals surface area contributed by atoms with Crippen LogP contribution in [0.15, 0.2) is 42.7 Å². The Morgan fingerprint density at radius 2 is 2.09 bits per heavy atom. The van der Waals surface area contributed by atoms with Crippen molar-refractivity contribution in [1.29, 1.82) is 0 Å². The molecule has 1 amide bonds. The zero-order chi connectivity index (χ0) is 15.5. The standard InChI is InChI=1S/C16H17N5O/c1-21(2)16-17-8-7-14(20-16)19-15(22)9-11-10-18-13-6-4-3-5-12(11)13/h3-8,10,18H,9H2,1-2H3,(H,17,19,20,22). The Morgan fingerprint density at radius 3 is 2.91 bits per heavy atom. The normalized spacial score (nSPS) is 10.6. The van der Waals surface area contributed by atoms with Gasteiger partial charge in [0.2, 0.25) is 11.9 Å². The maximum atomic E-state index is 12.2. The molecular weight excluding hydrogens is 278 g/mol. The van der Waals surface area contributed by atoms with E-state index in [2.05, 4.69) is 20.3 Å². The van der Waals surface area contributed by atoms with Crippen LogP contribution in [0.4, 0.5) is 11.8 Å². The van der Waals surface area contributed by atoms with Crippen molar-refractivity contribution in [3.8, 4) is 0 Å². The second-order valence-electron chi connectivity index (χ2n) is 5.22. The largest absolute Gasteiger partial charge is 0.361 e. The van der Waals surface area contributed by atoms with E-state index in [1.54, 1.807) is 17.2 Å². The zero-order valence-corrected chi connectivity index (χ0v) is 12.5. The maximum Gasteiger partial charge on any atom is 0.230 e. The van der Waals surface area contributed by atoms with Crippen LogP contribution >= 0.6 is 0 Å². The summed E-state index contributed by atoms with van der Waals surface area (Å²) in [7, 11) is 3.71. The maximum absolute atomic E-state index is 12.2. The highest BCUT2D eigenvalue weighted by Crippen LogP contribution is 2.18. The first-order valence-corrected chi connectivity index (χ1v) is 6.98. The second kappa shape index (κ2) is 5.85. The summed E-state index contributed by atoms with van der Waals surface area (Å²) in [5.41, 5.74) is 2.00. The van der Waals surface area contributed by atoms with E-state index in [0.29, 0.717) is 18.2 Å². The van der Waals surface area contributed by atoms with Crippen LogP contribution in [0, 0.1) is 0 Å². The average molecular weight is 295 g/mol. The number of anilines is 2. The summed E-state index contributed by atoms with van der Waals surface area (Å²) >= 11 is 0. The first-order valence-electron chi connectivity index (χ1n) is 6.98. The summed E-state index contributed by atoms with van der Waals surface area (Å²) in [5, 5.41) is 3.87. The fourth-order valence-electron chi connectivity index (χ4n) is 2.27. The first kappa shape index (κ1) is 14.1. The van der Waals surface area contributed by atoms with Gasteiger partial charge in [-0.05, 0) is 17.7 Å². The van der Waals surface area contributed by atoms with Gasteiger partial charge in [-0.3, -0.25) is 4.79 Å². The van der Waals surface area contributed by atoms with Crippen molar-refractivity contribution < 1.29 is 4.79 Å². The fourth-order valence-corrected chi connectivity index (χ4v) is 2.27. The van der Waals surface area contributed by atoms with E-state index in [9.17, 15) is 4.79 Å². The van der Waals surface area contributed by atoms with Gasteiger partial charge in [0.15, 0.2) is 0 Å². The lowest BCUT2D eigenvalue weighted by atomic mass is 10.1. The van der Waals surface area contributed by atoms with Crippen molar-refractivity contribution in [2.75, 3.05) is 24.3 Å². The van der Waals surface area contributed by atoms with Gasteiger partial charge < -0.3 is 15.2 Å². The highest BCUT2D eigenvalue weighted by atomic mass is 16.1. The number of hydrogen-bond acceptors (Lipinski definition) is 4. The Morgan fingerprint density at radius 1 is 1.27 bits per heavy atom. The molecule has 3 aromatic rings. The number of nitrogens with zero attached hydrogens (tertiary/aromatic N) is 3. The quantitative estimate of drug-likeness (QED) is 0.774. The fraction of sp³-hybridized carbons (Fsp3) is 0.188. The number of fused-ring (bicyclic) bond motifs is 1. The van der Waals surface area contributed by atoms with E-state index in [-0.39, 0.29) is 5.91 Å². The van der Waals surface area contributed by atoms with Crippen LogP contribution in [0.3, 0.4) is 0 Å². The van der Waals surface area contributed by atoms with Crippen LogP contribution in [-0.2, 0) is 11.2 Å². The SMILES string of the molecule is CN(C)c1nccc(NC(=O)Cc2c[nH]c3ccccc23)n1. The summed E-state index contributed by atoms with van der Waals surface area (Å²) in [6.45, 7) is 0. The lowest BCUT2D eigenvalue weighted by Gasteiger charge is -2.11. The van der Waals surface area contributed by atoms with Crippen LogP contribution in [0.1, 0.15) is 5.56 Å². The number of carbonyl (C=O) groups is 1. The minimum absolute atomic E-state index is 0.104. The summed E-state index contributed by atoms with van der Waals surface area (Å²) in [5.74, 6) is 0.960. The number of amides is 1. The number of benzene rings is 1. The topological polar surface area (TPSA) is 73.9 Å². The molecule has 2 N–H and O–H groups in total. The summed E-state index contributed by atoms with van der Waals surface area (Å²) in [4.78, 5) is 25.6. The smallest absolute Gasteiger partial charge is 0.230 e. The number of aromatic nitrogens is 3. The molecule has 0 aliphatic carbocycles. The molecule has 0 spiro atoms. The van der Waals surface area contributed by atoms with Gasteiger partial charge in [0, 0.05) is 37.4 Å². The highest BCUT2D eigenvalue weighted by molar-refractivity contribution is 5.95. The molecule has 22 heavy (non-hydrogen) atoms. The number of para-hydroxylation sites is 1. The van der Waals surface area contributed by atoms with Crippen LogP contribution in [0.25, 0.3) is 10.9 Å². The third-order valence-electron chi connectivity index (χ3n) is 3.34. The molecule has 0 bridgehead atoms. The summed E-state index contributed by atoms with van der Waals surface area (Å²) < 4.78 is 0. The molecule has 0 unspecified atom stereocenters. The van der Waals surface area contributed by atoms with Gasteiger partial charge in [-0.1, -0.05) is 18.2 Å². The van der Waals surface area contributed by atoms with Crippen molar-refractivity contribution in [2.24, 2.45) is 0 Å². The van der Waals surface area contributed by atoms with Crippen LogP contribution in [0.2, 0.25) is 0 Å². The molecule has 0 aliphatic heterocycles. The van der Waals surface area contributed by atoms with Gasteiger partial charge in [-0.15, -0.1) is 0 Å². The third kappa shape index (κ3) is 2.90. The van der Waals surface area contributed by atoms with Crippen LogP contribution in [0.5, 0.6) is 0 Å². The Hall–Kier alpha value is -2.89. The van der Waals surface area contributed by atoms with Gasteiger partial charge in [-0.25, -0.2) is 4.98 Å². The van der Waals surface area contributed by atoms with Gasteiger partial charge >= 0.3 is 0 Å². The van der Waals surface area contributed by atoms with E-state index >= 15 is 0 Å². The molecule has 0 saturated carbocycles. The molecule has 6 heteroatoms. The van der Waals surface area contributed by atoms with Gasteiger partial charge in [-0.2, -0.15) is 4.98 Å². The summed E-state index contributed by atoms with van der Waals surface area (Å²) in [6.07, 6.45) is 3.80. The van der Waals surface area contributed by atoms with Crippen molar-refractivity contribution >= 4 is 28.6 Å². The number of carbonyl (C=O) groups excluding carboxylic acids is 1. The molecule has 3 rings (SSSR count). The van der Waals surface area contributed by atoms with Crippen LogP contribution in [-0.4, -0.2) is 35.0 Å². The molecule has 2 aromatic heterocycles. The second-order valence-corrected chi connectivity index (χ2v) is 5.22. The average Bonchev–Trinajstić information content (AvgIpc) is 2.91. The minimum Gasteiger partial charge on any atom is -0.361 e. The molecule has 1 aromatic carbocycles. The number of rotatable bonds is 4. The molecule has 112 valence electrons. The van der Waals surface area contributed by atoms with Crippen molar-refractivity contribution in [3.05, 3.63) is 48.3 Å². The predicted octanol–water partition coefficient (Wildman–Crippen LogP) is 2.21. The Kier molecular flexibility index (Phi) is 3.74. The molecule has 6 nitrogen and oxygen atoms in total. The lowest BCUT2D eigenvalue weighted by molar-refractivity contribution is -0.115. The zero-order valence-electron chi connectivity index (χ0n) is 12.5. The van der Waals surface area contributed by atoms with E-state index in [4.69, 9.17) is 0 Å². The number of hydrogen-bond donors (Lipinski definition) is 2. The first-order chi connectivity index (χ1) is 10.6. The number of nitrogens with one attached hydrogen (secondary N) is 2. The molecule has 0 atom stereocenters. The summed E-state index contributed by atoms with van der Waals surface area (Å²) in [6, 6.07) is 9.60. The van der Waals surface area contributed by atoms with Crippen molar-refractivity contribution in [1.82, 2.24) is 15.0 Å². The molecule has 0 saturated heterocycles. The highest BCUT2D eigenvalue weighted by Gasteiger charge is 2.10. The van der Waals surface area contributed by atoms with E-state index < -0.39 is 0 Å². The molecule has 0 radical (unpaired) electrons. The van der Waals surface area contributed by atoms with Gasteiger partial charge in [0.1, 0.15) is 5.82 Å². The van der Waals surface area contributed by atoms with E-state index in [1.807, 2.05) is 44.6 Å². The predicted molar refractivity (Wildman–Crippen MR) is 87.0 cm³/mol.